The molecule has 0 spiro atoms. The fourth-order valence-corrected chi connectivity index (χ4v) is 15.2. The molecule has 594 valence electrons. The zero-order valence-corrected chi connectivity index (χ0v) is 65.5. The molecule has 7 rings (SSSR count). The lowest BCUT2D eigenvalue weighted by Crippen LogP contribution is -2.64. The number of rotatable bonds is 37. The molecule has 28 nitrogen and oxygen atoms in total. The van der Waals surface area contributed by atoms with Gasteiger partial charge in [0.25, 0.3) is 5.91 Å². The Morgan fingerprint density at radius 1 is 0.725 bits per heavy atom. The second kappa shape index (κ2) is 40.1. The number of carbonyl (C=O) groups excluding carboxylic acids is 11. The number of benzene rings is 4. The van der Waals surface area contributed by atoms with Gasteiger partial charge in [0.2, 0.25) is 36.0 Å². The number of methoxy groups -OCH3 is 3. The first-order valence-corrected chi connectivity index (χ1v) is 37.1. The Balaban J connectivity index is 1.10. The van der Waals surface area contributed by atoms with Gasteiger partial charge in [0.05, 0.1) is 63.5 Å². The molecule has 2 fully saturated rings. The highest BCUT2D eigenvalue weighted by molar-refractivity contribution is 5.93. The van der Waals surface area contributed by atoms with Crippen LogP contribution in [0.25, 0.3) is 11.1 Å². The first kappa shape index (κ1) is 86.5. The number of hydrogen-bond donors (Lipinski definition) is 4. The Labute approximate surface area is 638 Å². The first-order chi connectivity index (χ1) is 51.8. The maximum absolute atomic E-state index is 15.3. The summed E-state index contributed by atoms with van der Waals surface area (Å²) in [6.07, 6.45) is -8.25. The van der Waals surface area contributed by atoms with E-state index in [1.165, 1.54) is 26.4 Å². The molecule has 6 amide bonds. The summed E-state index contributed by atoms with van der Waals surface area (Å²) < 4.78 is 57.6. The summed E-state index contributed by atoms with van der Waals surface area (Å²) in [7, 11) is 9.34. The van der Waals surface area contributed by atoms with E-state index in [4.69, 9.17) is 47.4 Å². The maximum atomic E-state index is 15.3. The third-order valence-electron chi connectivity index (χ3n) is 20.3. The van der Waals surface area contributed by atoms with Crippen molar-refractivity contribution in [2.75, 3.05) is 74.1 Å². The molecule has 0 bridgehead atoms. The number of esters is 5. The average Bonchev–Trinajstić information content (AvgIpc) is 1.72. The topological polar surface area (TPSA) is 335 Å². The molecular weight excluding hydrogens is 1410 g/mol. The van der Waals surface area contributed by atoms with E-state index in [2.05, 4.69) is 27.8 Å². The van der Waals surface area contributed by atoms with E-state index in [9.17, 15) is 43.2 Å². The first-order valence-electron chi connectivity index (χ1n) is 37.1. The molecule has 0 radical (unpaired) electrons. The number of amides is 6. The quantitative estimate of drug-likeness (QED) is 0.0145. The van der Waals surface area contributed by atoms with Gasteiger partial charge >= 0.3 is 35.9 Å². The van der Waals surface area contributed by atoms with Gasteiger partial charge in [-0.3, -0.25) is 38.4 Å². The van der Waals surface area contributed by atoms with Crippen LogP contribution in [0.15, 0.2) is 110 Å². The van der Waals surface area contributed by atoms with Crippen molar-refractivity contribution in [1.82, 2.24) is 25.8 Å². The molecule has 2 saturated heterocycles. The lowest BCUT2D eigenvalue weighted by atomic mass is 9.89. The van der Waals surface area contributed by atoms with E-state index in [-0.39, 0.29) is 85.1 Å². The van der Waals surface area contributed by atoms with Gasteiger partial charge in [-0.1, -0.05) is 146 Å². The van der Waals surface area contributed by atoms with Crippen molar-refractivity contribution >= 4 is 71.2 Å². The minimum atomic E-state index is -1.83. The number of likely N-dealkylation sites (tertiary alicyclic amines) is 1. The minimum Gasteiger partial charge on any atom is -0.467 e. The van der Waals surface area contributed by atoms with Crippen molar-refractivity contribution in [3.63, 3.8) is 0 Å². The largest absolute Gasteiger partial charge is 0.467 e. The highest BCUT2D eigenvalue weighted by atomic mass is 16.7. The summed E-state index contributed by atoms with van der Waals surface area (Å²) in [5, 5.41) is 11.5. The van der Waals surface area contributed by atoms with E-state index in [0.717, 1.165) is 55.7 Å². The molecule has 4 N–H and O–H groups in total. The lowest BCUT2D eigenvalue weighted by Gasteiger charge is -2.43. The fraction of sp³-hybridized carbons (Fsp3) is 0.543. The number of ether oxygens (including phenoxy) is 10. The number of hydrogen-bond acceptors (Lipinski definition) is 21. The smallest absolute Gasteiger partial charge is 0.407 e. The van der Waals surface area contributed by atoms with Crippen LogP contribution in [0, 0.1) is 23.7 Å². The van der Waals surface area contributed by atoms with Crippen LogP contribution in [0.5, 0.6) is 5.75 Å². The zero-order chi connectivity index (χ0) is 80.1. The normalized spacial score (nSPS) is 19.7. The second-order valence-electron chi connectivity index (χ2n) is 29.3. The van der Waals surface area contributed by atoms with Crippen LogP contribution in [0.4, 0.5) is 10.5 Å². The van der Waals surface area contributed by atoms with E-state index in [0.29, 0.717) is 31.4 Å². The average molecular weight is 1520 g/mol. The standard InChI is InChI=1S/C81H109N7O21/c1-18-40-103-78(97)61(41-53-28-21-20-22-29-53)84-75(94)49(8)70(101-16)62-34-27-39-87(62)66(93)43-64(100-15)68(48(7)19-2)86(12)77(96)67(46(3)4)85-76(95)69(47(5)6)88(13,14)44-54-35-36-63(108-80-74(107-52(11)91)72(106-51(10)90)71(105-50(9)89)73(109-80)79(98)102-17)60(42-54)83-65(92)37-38-82-81(99)104-45-59-57-32-25-23-30-55(57)56-31-24-26-33-58(56)59/h18,20-26,28-33,35-36,42,46-49,59,61-62,64,67-74,80H,1,19,27,34,37-41,43-45H2,2-17H3,(H3-,82,83,84,85,92,94,95,99)/p+1/t48-,49+,61-,62-,64-,67-,68-,69-,70+,71-,72+,73-,74-,80+/m0/s1. The van der Waals surface area contributed by atoms with Crippen molar-refractivity contribution in [1.29, 1.82) is 0 Å². The number of alkyl carbamates (subject to hydrolysis) is 1. The molecule has 2 heterocycles. The number of nitrogens with one attached hydrogen (secondary N) is 4. The lowest BCUT2D eigenvalue weighted by molar-refractivity contribution is -0.922. The Kier molecular flexibility index (Phi) is 31.8. The number of likely N-dealkylation sites (N-methyl/N-ethyl adjacent to an activating group) is 2. The van der Waals surface area contributed by atoms with E-state index in [1.54, 1.807) is 35.9 Å². The molecule has 28 heteroatoms. The SMILES string of the molecule is C=CCOC(=O)[C@H](Cc1ccccc1)NC(=O)[C@H](C)[C@@H](OC)[C@@H]1CCCN1C(=O)C[C@H](OC)[C@H]([C@@H](C)CC)N(C)C(=O)[C@@H](NC(=O)[C@H](C(C)C)[N+](C)(C)Cc1ccc(O[C@@H]2O[C@H](C(=O)OC)[C@@H](OC(C)=O)[C@@H](OC(C)=O)[C@@H]2OC(C)=O)c(NC(=O)CCNC(=O)OCC2c3ccccc3-c3ccccc32)c1)C(C)C. The van der Waals surface area contributed by atoms with Gasteiger partial charge in [0.1, 0.15) is 37.6 Å². The van der Waals surface area contributed by atoms with Gasteiger partial charge in [-0.15, -0.1) is 0 Å². The van der Waals surface area contributed by atoms with Crippen LogP contribution in [0.2, 0.25) is 0 Å². The zero-order valence-electron chi connectivity index (χ0n) is 65.5. The minimum absolute atomic E-state index is 0.0101. The predicted octanol–water partition coefficient (Wildman–Crippen LogP) is 7.74. The predicted molar refractivity (Wildman–Crippen MR) is 401 cm³/mol. The van der Waals surface area contributed by atoms with Crippen molar-refractivity contribution in [2.24, 2.45) is 23.7 Å². The molecule has 109 heavy (non-hydrogen) atoms. The van der Waals surface area contributed by atoms with Gasteiger partial charge in [-0.25, -0.2) is 14.4 Å². The number of quaternary nitrogens is 1. The highest BCUT2D eigenvalue weighted by Gasteiger charge is 2.56. The van der Waals surface area contributed by atoms with Crippen LogP contribution in [0.3, 0.4) is 0 Å². The Morgan fingerprint density at radius 2 is 1.34 bits per heavy atom. The van der Waals surface area contributed by atoms with Crippen LogP contribution >= 0.6 is 0 Å². The van der Waals surface area contributed by atoms with Crippen molar-refractivity contribution in [3.8, 4) is 16.9 Å². The van der Waals surface area contributed by atoms with Crippen molar-refractivity contribution in [3.05, 3.63) is 132 Å². The van der Waals surface area contributed by atoms with Crippen LogP contribution in [-0.2, 0) is 104 Å². The van der Waals surface area contributed by atoms with Gasteiger partial charge in [0.15, 0.2) is 24.4 Å². The third-order valence-corrected chi connectivity index (χ3v) is 20.3. The van der Waals surface area contributed by atoms with E-state index < -0.39 is 145 Å². The van der Waals surface area contributed by atoms with Gasteiger partial charge in [-0.05, 0) is 70.7 Å². The molecule has 0 unspecified atom stereocenters. The Morgan fingerprint density at radius 3 is 1.92 bits per heavy atom. The van der Waals surface area contributed by atoms with Crippen LogP contribution < -0.4 is 26.0 Å². The fourth-order valence-electron chi connectivity index (χ4n) is 15.2. The highest BCUT2D eigenvalue weighted by Crippen LogP contribution is 2.45. The summed E-state index contributed by atoms with van der Waals surface area (Å²) in [6, 6.07) is 25.5. The molecule has 1 aliphatic carbocycles. The summed E-state index contributed by atoms with van der Waals surface area (Å²) >= 11 is 0. The number of anilines is 1. The second-order valence-corrected chi connectivity index (χ2v) is 29.3. The van der Waals surface area contributed by atoms with Crippen molar-refractivity contribution < 1.29 is 105 Å². The van der Waals surface area contributed by atoms with Crippen molar-refractivity contribution in [2.45, 2.75) is 193 Å². The molecule has 3 aliphatic rings. The van der Waals surface area contributed by atoms with Gasteiger partial charge < -0.3 is 82.9 Å². The Bertz CT molecular complexity index is 3800. The summed E-state index contributed by atoms with van der Waals surface area (Å²) in [6.45, 7) is 20.1. The number of nitrogens with zero attached hydrogens (tertiary/aromatic N) is 3. The third kappa shape index (κ3) is 22.5. The molecule has 0 aromatic heterocycles. The van der Waals surface area contributed by atoms with Gasteiger partial charge in [0, 0.05) is 85.4 Å². The van der Waals surface area contributed by atoms with Crippen LogP contribution in [0.1, 0.15) is 130 Å². The summed E-state index contributed by atoms with van der Waals surface area (Å²) in [4.78, 5) is 155. The molecular formula is C81H110N7O21+. The molecule has 2 aliphatic heterocycles. The van der Waals surface area contributed by atoms with E-state index >= 15 is 9.59 Å². The molecule has 4 aromatic rings. The number of carbonyl (C=O) groups is 11. The number of fused-ring (bicyclic) bond motifs is 3. The molecule has 14 atom stereocenters. The monoisotopic (exact) mass is 1520 g/mol. The summed E-state index contributed by atoms with van der Waals surface area (Å²) in [5.41, 5.74) is 5.45. The van der Waals surface area contributed by atoms with Gasteiger partial charge in [-0.2, -0.15) is 0 Å². The van der Waals surface area contributed by atoms with Crippen LogP contribution in [-0.4, -0.2) is 222 Å². The Hall–Kier alpha value is -9.77. The summed E-state index contributed by atoms with van der Waals surface area (Å²) in [5.74, 6) is -8.92. The molecule has 4 aromatic carbocycles. The maximum Gasteiger partial charge on any atom is 0.407 e. The van der Waals surface area contributed by atoms with E-state index in [1.807, 2.05) is 135 Å². The molecule has 0 saturated carbocycles.